The Bertz CT molecular complexity index is 471. The van der Waals surface area contributed by atoms with Gasteiger partial charge in [-0.3, -0.25) is 4.79 Å². The molecule has 1 fully saturated rings. The molecule has 2 rings (SSSR count). The zero-order valence-corrected chi connectivity index (χ0v) is 13.6. The number of amides is 1. The van der Waals surface area contributed by atoms with Gasteiger partial charge in [0.25, 0.3) is 0 Å². The molecular weight excluding hydrogens is 278 g/mol. The molecule has 0 aromatic heterocycles. The molecule has 1 aromatic rings. The number of nitrogens with zero attached hydrogens (tertiary/aromatic N) is 1. The van der Waals surface area contributed by atoms with Gasteiger partial charge in [0.1, 0.15) is 5.75 Å². The maximum atomic E-state index is 12.0. The average molecular weight is 305 g/mol. The SMILES string of the molecule is CN(C)CCCOc1cccc(NC(=O)CC2CCCN2)c1. The highest BCUT2D eigenvalue weighted by Gasteiger charge is 2.17. The van der Waals surface area contributed by atoms with Gasteiger partial charge in [0.05, 0.1) is 6.61 Å². The molecule has 122 valence electrons. The van der Waals surface area contributed by atoms with Crippen molar-refractivity contribution in [1.29, 1.82) is 0 Å². The van der Waals surface area contributed by atoms with Gasteiger partial charge in [-0.2, -0.15) is 0 Å². The Labute approximate surface area is 133 Å². The van der Waals surface area contributed by atoms with Gasteiger partial charge in [0.2, 0.25) is 5.91 Å². The topological polar surface area (TPSA) is 53.6 Å². The summed E-state index contributed by atoms with van der Waals surface area (Å²) in [5, 5.41) is 6.29. The normalized spacial score (nSPS) is 17.7. The quantitative estimate of drug-likeness (QED) is 0.722. The number of carbonyl (C=O) groups is 1. The third kappa shape index (κ3) is 6.03. The standard InChI is InChI=1S/C17H27N3O2/c1-20(2)10-5-11-22-16-8-3-6-15(12-16)19-17(21)13-14-7-4-9-18-14/h3,6,8,12,14,18H,4-5,7,9-11,13H2,1-2H3,(H,19,21). The van der Waals surface area contributed by atoms with E-state index in [0.29, 0.717) is 19.1 Å². The van der Waals surface area contributed by atoms with Gasteiger partial charge >= 0.3 is 0 Å². The van der Waals surface area contributed by atoms with Crippen molar-refractivity contribution < 1.29 is 9.53 Å². The molecule has 1 unspecified atom stereocenters. The summed E-state index contributed by atoms with van der Waals surface area (Å²) in [6.07, 6.45) is 3.77. The predicted octanol–water partition coefficient (Wildman–Crippen LogP) is 2.10. The highest BCUT2D eigenvalue weighted by Crippen LogP contribution is 2.18. The fraction of sp³-hybridized carbons (Fsp3) is 0.588. The lowest BCUT2D eigenvalue weighted by Gasteiger charge is -2.12. The predicted molar refractivity (Wildman–Crippen MR) is 89.4 cm³/mol. The third-order valence-corrected chi connectivity index (χ3v) is 3.73. The van der Waals surface area contributed by atoms with Gasteiger partial charge in [-0.15, -0.1) is 0 Å². The van der Waals surface area contributed by atoms with Crippen molar-refractivity contribution in [1.82, 2.24) is 10.2 Å². The Hall–Kier alpha value is -1.59. The number of ether oxygens (including phenoxy) is 1. The van der Waals surface area contributed by atoms with Gasteiger partial charge in [-0.1, -0.05) is 6.07 Å². The highest BCUT2D eigenvalue weighted by molar-refractivity contribution is 5.91. The number of carbonyl (C=O) groups excluding carboxylic acids is 1. The number of nitrogens with one attached hydrogen (secondary N) is 2. The van der Waals surface area contributed by atoms with Crippen molar-refractivity contribution in [2.45, 2.75) is 31.7 Å². The lowest BCUT2D eigenvalue weighted by atomic mass is 10.1. The van der Waals surface area contributed by atoms with Crippen molar-refractivity contribution in [3.05, 3.63) is 24.3 Å². The second kappa shape index (κ2) is 8.76. The first kappa shape index (κ1) is 16.8. The lowest BCUT2D eigenvalue weighted by molar-refractivity contribution is -0.116. The minimum absolute atomic E-state index is 0.0594. The summed E-state index contributed by atoms with van der Waals surface area (Å²) < 4.78 is 5.72. The fourth-order valence-electron chi connectivity index (χ4n) is 2.60. The first-order valence-corrected chi connectivity index (χ1v) is 8.04. The van der Waals surface area contributed by atoms with Crippen molar-refractivity contribution >= 4 is 11.6 Å². The van der Waals surface area contributed by atoms with Crippen LogP contribution in [0.3, 0.4) is 0 Å². The maximum Gasteiger partial charge on any atom is 0.225 e. The van der Waals surface area contributed by atoms with Crippen LogP contribution in [0, 0.1) is 0 Å². The van der Waals surface area contributed by atoms with E-state index in [-0.39, 0.29) is 5.91 Å². The maximum absolute atomic E-state index is 12.0. The largest absolute Gasteiger partial charge is 0.493 e. The van der Waals surface area contributed by atoms with Crippen LogP contribution in [0.1, 0.15) is 25.7 Å². The zero-order valence-electron chi connectivity index (χ0n) is 13.6. The van der Waals surface area contributed by atoms with Crippen molar-refractivity contribution in [2.24, 2.45) is 0 Å². The van der Waals surface area contributed by atoms with Gasteiger partial charge in [-0.25, -0.2) is 0 Å². The molecule has 22 heavy (non-hydrogen) atoms. The zero-order chi connectivity index (χ0) is 15.8. The summed E-state index contributed by atoms with van der Waals surface area (Å²) in [4.78, 5) is 14.2. The second-order valence-corrected chi connectivity index (χ2v) is 6.08. The molecule has 0 radical (unpaired) electrons. The van der Waals surface area contributed by atoms with Crippen LogP contribution in [0.4, 0.5) is 5.69 Å². The molecule has 0 bridgehead atoms. The molecule has 5 nitrogen and oxygen atoms in total. The summed E-state index contributed by atoms with van der Waals surface area (Å²) in [6.45, 7) is 2.71. The fourth-order valence-corrected chi connectivity index (χ4v) is 2.60. The van der Waals surface area contributed by atoms with E-state index in [1.165, 1.54) is 0 Å². The molecule has 1 aromatic carbocycles. The summed E-state index contributed by atoms with van der Waals surface area (Å²) in [7, 11) is 4.10. The minimum atomic E-state index is 0.0594. The highest BCUT2D eigenvalue weighted by atomic mass is 16.5. The molecule has 0 aliphatic carbocycles. The van der Waals surface area contributed by atoms with Gasteiger partial charge < -0.3 is 20.3 Å². The molecular formula is C17H27N3O2. The van der Waals surface area contributed by atoms with E-state index < -0.39 is 0 Å². The Morgan fingerprint density at radius 1 is 1.45 bits per heavy atom. The van der Waals surface area contributed by atoms with Crippen molar-refractivity contribution in [2.75, 3.05) is 39.1 Å². The van der Waals surface area contributed by atoms with Crippen LogP contribution in [0.25, 0.3) is 0 Å². The van der Waals surface area contributed by atoms with Crippen LogP contribution in [0.15, 0.2) is 24.3 Å². The molecule has 0 spiro atoms. The number of hydrogen-bond acceptors (Lipinski definition) is 4. The molecule has 1 atom stereocenters. The molecule has 1 saturated heterocycles. The first-order chi connectivity index (χ1) is 10.6. The van der Waals surface area contributed by atoms with E-state index in [1.54, 1.807) is 0 Å². The number of rotatable bonds is 8. The molecule has 1 aliphatic rings. The minimum Gasteiger partial charge on any atom is -0.493 e. The van der Waals surface area contributed by atoms with Crippen LogP contribution in [0.2, 0.25) is 0 Å². The van der Waals surface area contributed by atoms with Crippen LogP contribution < -0.4 is 15.4 Å². The van der Waals surface area contributed by atoms with Crippen molar-refractivity contribution in [3.8, 4) is 5.75 Å². The van der Waals surface area contributed by atoms with Gasteiger partial charge in [-0.05, 0) is 52.0 Å². The Kier molecular flexibility index (Phi) is 6.68. The monoisotopic (exact) mass is 305 g/mol. The van der Waals surface area contributed by atoms with Gasteiger partial charge in [0, 0.05) is 30.8 Å². The molecule has 2 N–H and O–H groups in total. The van der Waals surface area contributed by atoms with Crippen LogP contribution in [-0.4, -0.2) is 50.6 Å². The van der Waals surface area contributed by atoms with E-state index in [4.69, 9.17) is 4.74 Å². The Morgan fingerprint density at radius 3 is 3.05 bits per heavy atom. The van der Waals surface area contributed by atoms with E-state index in [9.17, 15) is 4.79 Å². The Balaban J connectivity index is 1.76. The van der Waals surface area contributed by atoms with E-state index >= 15 is 0 Å². The van der Waals surface area contributed by atoms with Crippen LogP contribution >= 0.6 is 0 Å². The number of hydrogen-bond donors (Lipinski definition) is 2. The van der Waals surface area contributed by atoms with E-state index in [2.05, 4.69) is 29.6 Å². The van der Waals surface area contributed by atoms with Crippen LogP contribution in [0.5, 0.6) is 5.75 Å². The lowest BCUT2D eigenvalue weighted by Crippen LogP contribution is -2.27. The van der Waals surface area contributed by atoms with Crippen LogP contribution in [-0.2, 0) is 4.79 Å². The molecule has 5 heteroatoms. The summed E-state index contributed by atoms with van der Waals surface area (Å²) >= 11 is 0. The van der Waals surface area contributed by atoms with Crippen molar-refractivity contribution in [3.63, 3.8) is 0 Å². The third-order valence-electron chi connectivity index (χ3n) is 3.73. The molecule has 1 aliphatic heterocycles. The molecule has 1 amide bonds. The molecule has 0 saturated carbocycles. The number of benzene rings is 1. The van der Waals surface area contributed by atoms with E-state index in [1.807, 2.05) is 24.3 Å². The summed E-state index contributed by atoms with van der Waals surface area (Å²) in [5.74, 6) is 0.861. The van der Waals surface area contributed by atoms with E-state index in [0.717, 1.165) is 43.8 Å². The smallest absolute Gasteiger partial charge is 0.225 e. The summed E-state index contributed by atoms with van der Waals surface area (Å²) in [5.41, 5.74) is 0.799. The van der Waals surface area contributed by atoms with Gasteiger partial charge in [0.15, 0.2) is 0 Å². The Morgan fingerprint density at radius 2 is 2.32 bits per heavy atom. The summed E-state index contributed by atoms with van der Waals surface area (Å²) in [6, 6.07) is 7.93. The second-order valence-electron chi connectivity index (χ2n) is 6.08. The number of anilines is 1. The molecule has 1 heterocycles. The first-order valence-electron chi connectivity index (χ1n) is 8.04. The average Bonchev–Trinajstić information content (AvgIpc) is 2.96.